The Morgan fingerprint density at radius 1 is 1.29 bits per heavy atom. The topological polar surface area (TPSA) is 86.1 Å². The molecule has 28 heavy (non-hydrogen) atoms. The Labute approximate surface area is 165 Å². The van der Waals surface area contributed by atoms with Gasteiger partial charge in [-0.15, -0.1) is 0 Å². The molecule has 1 aromatic carbocycles. The van der Waals surface area contributed by atoms with E-state index in [-0.39, 0.29) is 40.9 Å². The minimum absolute atomic E-state index is 0.0520. The summed E-state index contributed by atoms with van der Waals surface area (Å²) in [6, 6.07) is 9.11. The number of nitrogens with one attached hydrogen (secondary N) is 1. The molecule has 1 fully saturated rings. The van der Waals surface area contributed by atoms with Crippen LogP contribution in [0.4, 0.5) is 10.2 Å². The van der Waals surface area contributed by atoms with Gasteiger partial charge in [-0.3, -0.25) is 14.5 Å². The molecular weight excluding hydrogens is 383 g/mol. The predicted molar refractivity (Wildman–Crippen MR) is 100 cm³/mol. The fourth-order valence-electron chi connectivity index (χ4n) is 3.40. The van der Waals surface area contributed by atoms with Crippen molar-refractivity contribution in [2.75, 3.05) is 11.9 Å². The molecule has 0 bridgehead atoms. The summed E-state index contributed by atoms with van der Waals surface area (Å²) in [7, 11) is 0. The molecule has 1 atom stereocenters. The summed E-state index contributed by atoms with van der Waals surface area (Å²) < 4.78 is 14.3. The molecule has 4 rings (SSSR count). The second-order valence-electron chi connectivity index (χ2n) is 7.06. The zero-order valence-corrected chi connectivity index (χ0v) is 15.5. The molecule has 1 aliphatic heterocycles. The van der Waals surface area contributed by atoms with E-state index in [4.69, 9.17) is 16.9 Å². The lowest BCUT2D eigenvalue weighted by atomic mass is 10.1. The van der Waals surface area contributed by atoms with Crippen LogP contribution >= 0.6 is 11.6 Å². The highest BCUT2D eigenvalue weighted by atomic mass is 35.5. The molecule has 1 aromatic heterocycles. The molecule has 2 amide bonds. The lowest BCUT2D eigenvalue weighted by Gasteiger charge is -2.24. The zero-order chi connectivity index (χ0) is 19.8. The van der Waals surface area contributed by atoms with Gasteiger partial charge in [0.1, 0.15) is 11.2 Å². The first-order chi connectivity index (χ1) is 13.5. The van der Waals surface area contributed by atoms with Crippen molar-refractivity contribution in [3.63, 3.8) is 0 Å². The van der Waals surface area contributed by atoms with Gasteiger partial charge < -0.3 is 5.32 Å². The van der Waals surface area contributed by atoms with Gasteiger partial charge in [-0.25, -0.2) is 9.37 Å². The van der Waals surface area contributed by atoms with Crippen LogP contribution in [0.1, 0.15) is 45.5 Å². The van der Waals surface area contributed by atoms with Crippen molar-refractivity contribution in [1.29, 1.82) is 5.26 Å². The van der Waals surface area contributed by atoms with Crippen molar-refractivity contribution >= 4 is 29.2 Å². The van der Waals surface area contributed by atoms with Crippen molar-refractivity contribution < 1.29 is 14.0 Å². The van der Waals surface area contributed by atoms with E-state index in [1.54, 1.807) is 30.3 Å². The number of carbonyl (C=O) groups is 2. The molecule has 0 unspecified atom stereocenters. The largest absolute Gasteiger partial charge is 0.363 e. The molecule has 2 aromatic rings. The number of anilines is 1. The third kappa shape index (κ3) is 3.43. The first-order valence-corrected chi connectivity index (χ1v) is 9.33. The van der Waals surface area contributed by atoms with Crippen molar-refractivity contribution in [1.82, 2.24) is 9.88 Å². The quantitative estimate of drug-likeness (QED) is 0.593. The van der Waals surface area contributed by atoms with Gasteiger partial charge in [0.25, 0.3) is 11.8 Å². The highest BCUT2D eigenvalue weighted by Crippen LogP contribution is 2.35. The lowest BCUT2D eigenvalue weighted by molar-refractivity contribution is 0.0645. The summed E-state index contributed by atoms with van der Waals surface area (Å²) in [4.78, 5) is 30.4. The van der Waals surface area contributed by atoms with Crippen molar-refractivity contribution in [3.8, 4) is 6.07 Å². The van der Waals surface area contributed by atoms with Gasteiger partial charge in [-0.2, -0.15) is 5.26 Å². The van der Waals surface area contributed by atoms with E-state index in [1.165, 1.54) is 4.90 Å². The molecule has 142 valence electrons. The molecule has 8 heteroatoms. The number of halogens is 2. The number of imide groups is 1. The van der Waals surface area contributed by atoms with Crippen LogP contribution in [0.25, 0.3) is 0 Å². The third-order valence-electron chi connectivity index (χ3n) is 4.99. The van der Waals surface area contributed by atoms with Crippen LogP contribution in [0.15, 0.2) is 30.3 Å². The lowest BCUT2D eigenvalue weighted by Crippen LogP contribution is -2.40. The first-order valence-electron chi connectivity index (χ1n) is 8.96. The predicted octanol–water partition coefficient (Wildman–Crippen LogP) is 3.62. The molecule has 6 nitrogen and oxygen atoms in total. The number of hydrogen-bond acceptors (Lipinski definition) is 5. The normalized spacial score (nSPS) is 16.7. The second kappa shape index (κ2) is 7.21. The fraction of sp³-hybridized carbons (Fsp3) is 0.300. The summed E-state index contributed by atoms with van der Waals surface area (Å²) in [6.07, 6.45) is 2.79. The number of nitriles is 1. The average molecular weight is 399 g/mol. The molecular formula is C20H16ClFN4O2. The van der Waals surface area contributed by atoms with Gasteiger partial charge >= 0.3 is 0 Å². The van der Waals surface area contributed by atoms with Gasteiger partial charge in [0, 0.05) is 12.6 Å². The maximum Gasteiger partial charge on any atom is 0.261 e. The molecule has 2 heterocycles. The number of rotatable bonds is 6. The molecule has 0 radical (unpaired) electrons. The van der Waals surface area contributed by atoms with E-state index in [2.05, 4.69) is 10.3 Å². The van der Waals surface area contributed by atoms with Crippen LogP contribution < -0.4 is 5.32 Å². The Morgan fingerprint density at radius 2 is 1.93 bits per heavy atom. The zero-order valence-electron chi connectivity index (χ0n) is 14.8. The average Bonchev–Trinajstić information content (AvgIpc) is 3.47. The van der Waals surface area contributed by atoms with E-state index < -0.39 is 5.82 Å². The van der Waals surface area contributed by atoms with Crippen LogP contribution in [0, 0.1) is 23.1 Å². The second-order valence-corrected chi connectivity index (χ2v) is 7.41. The summed E-state index contributed by atoms with van der Waals surface area (Å²) in [5.41, 5.74) is 0.704. The van der Waals surface area contributed by atoms with Gasteiger partial charge in [-0.05, 0) is 30.5 Å². The summed E-state index contributed by atoms with van der Waals surface area (Å²) >= 11 is 5.92. The number of pyridine rings is 1. The Bertz CT molecular complexity index is 981. The summed E-state index contributed by atoms with van der Waals surface area (Å²) in [6.45, 7) is 0.0988. The Balaban J connectivity index is 1.57. The number of nitrogens with zero attached hydrogens (tertiary/aromatic N) is 3. The van der Waals surface area contributed by atoms with Crippen LogP contribution in [-0.2, 0) is 0 Å². The number of carbonyl (C=O) groups excluding carboxylic acids is 2. The maximum absolute atomic E-state index is 14.3. The monoisotopic (exact) mass is 398 g/mol. The molecule has 2 aliphatic rings. The number of hydrogen-bond donors (Lipinski definition) is 1. The van der Waals surface area contributed by atoms with Gasteiger partial charge in [0.2, 0.25) is 0 Å². The van der Waals surface area contributed by atoms with Crippen LogP contribution in [0.2, 0.25) is 5.15 Å². The fourth-order valence-corrected chi connectivity index (χ4v) is 3.58. The molecule has 1 N–H and O–H groups in total. The van der Waals surface area contributed by atoms with Gasteiger partial charge in [0.05, 0.1) is 16.7 Å². The van der Waals surface area contributed by atoms with Crippen LogP contribution in [-0.4, -0.2) is 34.3 Å². The summed E-state index contributed by atoms with van der Waals surface area (Å²) in [5, 5.41) is 11.8. The molecule has 0 spiro atoms. The van der Waals surface area contributed by atoms with Crippen LogP contribution in [0.5, 0.6) is 0 Å². The Kier molecular flexibility index (Phi) is 4.73. The third-order valence-corrected chi connectivity index (χ3v) is 5.27. The Hall–Kier alpha value is -2.98. The smallest absolute Gasteiger partial charge is 0.261 e. The highest BCUT2D eigenvalue weighted by molar-refractivity contribution is 6.30. The standard InChI is InChI=1S/C20H16ClFN4O2/c21-17-12(9-23)8-16(22)18(25-17)24-13(7-11-5-6-11)10-26-19(27)14-3-1-2-4-15(14)20(26)28/h1-4,8,11,13H,5-7,10H2,(H,24,25)/t13-/m1/s1. The number of aromatic nitrogens is 1. The van der Waals surface area contributed by atoms with Crippen molar-refractivity contribution in [3.05, 3.63) is 58.0 Å². The number of benzene rings is 1. The number of fused-ring (bicyclic) bond motifs is 1. The SMILES string of the molecule is N#Cc1cc(F)c(N[C@H](CC2CC2)CN2C(=O)c3ccccc3C2=O)nc1Cl. The van der Waals surface area contributed by atoms with E-state index in [0.717, 1.165) is 18.9 Å². The number of amides is 2. The molecule has 1 saturated carbocycles. The highest BCUT2D eigenvalue weighted by Gasteiger charge is 2.37. The first kappa shape index (κ1) is 18.4. The minimum atomic E-state index is -0.705. The molecule has 0 saturated heterocycles. The van der Waals surface area contributed by atoms with E-state index >= 15 is 0 Å². The van der Waals surface area contributed by atoms with Crippen LogP contribution in [0.3, 0.4) is 0 Å². The maximum atomic E-state index is 14.3. The van der Waals surface area contributed by atoms with E-state index in [0.29, 0.717) is 23.5 Å². The van der Waals surface area contributed by atoms with E-state index in [1.807, 2.05) is 0 Å². The van der Waals surface area contributed by atoms with Gasteiger partial charge in [0.15, 0.2) is 11.6 Å². The van der Waals surface area contributed by atoms with Crippen molar-refractivity contribution in [2.24, 2.45) is 5.92 Å². The molecule has 1 aliphatic carbocycles. The Morgan fingerprint density at radius 3 is 2.50 bits per heavy atom. The minimum Gasteiger partial charge on any atom is -0.363 e. The van der Waals surface area contributed by atoms with Crippen molar-refractivity contribution in [2.45, 2.75) is 25.3 Å². The van der Waals surface area contributed by atoms with Gasteiger partial charge in [-0.1, -0.05) is 36.6 Å². The van der Waals surface area contributed by atoms with E-state index in [9.17, 15) is 14.0 Å². The summed E-state index contributed by atoms with van der Waals surface area (Å²) in [5.74, 6) is -1.04.